The Morgan fingerprint density at radius 1 is 1.00 bits per heavy atom. The quantitative estimate of drug-likeness (QED) is 0.138. The fraction of sp³-hybridized carbons (Fsp3) is 0.647. The van der Waals surface area contributed by atoms with Gasteiger partial charge >= 0.3 is 0 Å². The molecule has 3 aromatic heterocycles. The second-order valence-corrected chi connectivity index (χ2v) is 11.9. The zero-order valence-electron chi connectivity index (χ0n) is 27.4. The molecule has 42 heavy (non-hydrogen) atoms. The molecule has 1 N–H and O–H groups in total. The molecule has 4 rings (SSSR count). The highest BCUT2D eigenvalue weighted by Gasteiger charge is 2.20. The van der Waals surface area contributed by atoms with Crippen LogP contribution in [0.4, 0.5) is 16.8 Å². The normalized spacial score (nSPS) is 13.0. The lowest BCUT2D eigenvalue weighted by Gasteiger charge is -2.23. The largest absolute Gasteiger partial charge is 0.351 e. The average molecular weight is 597 g/mol. The first-order chi connectivity index (χ1) is 20.5. The Kier molecular flexibility index (Phi) is 17.3. The number of nitrogens with zero attached hydrogens (tertiary/aromatic N) is 5. The number of aromatic nitrogens is 3. The van der Waals surface area contributed by atoms with Crippen molar-refractivity contribution in [3.8, 4) is 0 Å². The summed E-state index contributed by atoms with van der Waals surface area (Å²) in [5.41, 5.74) is 3.55. The van der Waals surface area contributed by atoms with E-state index in [9.17, 15) is 4.79 Å². The summed E-state index contributed by atoms with van der Waals surface area (Å²) in [6.45, 7) is 17.0. The minimum Gasteiger partial charge on any atom is -0.351 e. The number of aldehydes is 1. The molecule has 0 radical (unpaired) electrons. The van der Waals surface area contributed by atoms with Gasteiger partial charge in [-0.3, -0.25) is 4.90 Å². The minimum atomic E-state index is 0.575. The molecule has 1 fully saturated rings. The van der Waals surface area contributed by atoms with E-state index in [-0.39, 0.29) is 0 Å². The molecule has 0 aromatic carbocycles. The van der Waals surface area contributed by atoms with Gasteiger partial charge in [0.05, 0.1) is 15.9 Å². The van der Waals surface area contributed by atoms with Crippen LogP contribution in [0.25, 0.3) is 10.2 Å². The molecule has 0 bridgehead atoms. The third-order valence-electron chi connectivity index (χ3n) is 7.46. The Hall–Kier alpha value is -2.58. The van der Waals surface area contributed by atoms with Crippen LogP contribution < -0.4 is 10.2 Å². The monoisotopic (exact) mass is 596 g/mol. The maximum atomic E-state index is 10.6. The van der Waals surface area contributed by atoms with Gasteiger partial charge in [0.25, 0.3) is 0 Å². The highest BCUT2D eigenvalue weighted by molar-refractivity contribution is 7.22. The summed E-state index contributed by atoms with van der Waals surface area (Å²) in [7, 11) is 2.02. The first-order valence-corrected chi connectivity index (χ1v) is 17.2. The van der Waals surface area contributed by atoms with Gasteiger partial charge in [-0.25, -0.2) is 15.0 Å². The van der Waals surface area contributed by atoms with Crippen molar-refractivity contribution in [2.75, 3.05) is 36.9 Å². The molecular weight excluding hydrogens is 540 g/mol. The second-order valence-electron chi connectivity index (χ2n) is 10.9. The number of pyridine rings is 2. The molecule has 0 amide bonds. The van der Waals surface area contributed by atoms with Crippen molar-refractivity contribution in [1.29, 1.82) is 0 Å². The number of anilines is 3. The van der Waals surface area contributed by atoms with Crippen LogP contribution in [0.15, 0.2) is 24.4 Å². The summed E-state index contributed by atoms with van der Waals surface area (Å²) in [4.78, 5) is 29.8. The van der Waals surface area contributed by atoms with Crippen molar-refractivity contribution < 1.29 is 4.79 Å². The van der Waals surface area contributed by atoms with E-state index in [1.54, 1.807) is 11.3 Å². The maximum absolute atomic E-state index is 10.6. The van der Waals surface area contributed by atoms with Gasteiger partial charge in [-0.05, 0) is 62.7 Å². The number of hydrogen-bond donors (Lipinski definition) is 1. The van der Waals surface area contributed by atoms with Crippen LogP contribution in [0.5, 0.6) is 0 Å². The van der Waals surface area contributed by atoms with Crippen molar-refractivity contribution >= 4 is 44.6 Å². The third kappa shape index (κ3) is 11.3. The van der Waals surface area contributed by atoms with E-state index in [4.69, 9.17) is 9.97 Å². The van der Waals surface area contributed by atoms with Gasteiger partial charge in [0.15, 0.2) is 5.13 Å². The van der Waals surface area contributed by atoms with Crippen molar-refractivity contribution in [2.45, 2.75) is 118 Å². The summed E-state index contributed by atoms with van der Waals surface area (Å²) in [5, 5.41) is 4.39. The van der Waals surface area contributed by atoms with E-state index in [1.807, 2.05) is 33.2 Å². The Bertz CT molecular complexity index is 1150. The van der Waals surface area contributed by atoms with Crippen molar-refractivity contribution in [2.24, 2.45) is 0 Å². The summed E-state index contributed by atoms with van der Waals surface area (Å²) < 4.78 is 1.05. The van der Waals surface area contributed by atoms with Gasteiger partial charge in [-0.2, -0.15) is 0 Å². The number of rotatable bonds is 15. The first kappa shape index (κ1) is 35.6. The summed E-state index contributed by atoms with van der Waals surface area (Å²) >= 11 is 1.63. The number of hydrogen-bond acceptors (Lipinski definition) is 8. The van der Waals surface area contributed by atoms with Crippen molar-refractivity contribution in [3.63, 3.8) is 0 Å². The Labute approximate surface area is 259 Å². The molecule has 1 saturated heterocycles. The zero-order chi connectivity index (χ0) is 30.7. The van der Waals surface area contributed by atoms with Crippen LogP contribution in [0.2, 0.25) is 0 Å². The maximum Gasteiger partial charge on any atom is 0.186 e. The molecule has 4 heterocycles. The first-order valence-electron chi connectivity index (χ1n) is 16.4. The highest BCUT2D eigenvalue weighted by Crippen LogP contribution is 2.32. The van der Waals surface area contributed by atoms with Gasteiger partial charge in [0.1, 0.15) is 17.9 Å². The standard InChI is InChI=1S/C28H40N6OS.C4H10.C2H6/c1-4-10-21(11-5-2)22-12-13-26(30-24(22)20-34-15-6-7-16-34)32-27-18-23-25(19-29-27)36-28(31-23)33(3)14-8-9-17-35;1-3-4-2;1-2/h12-13,17-19,21H,4-11,14-16,20H2,1-3H3,(H,29,30,32);3-4H2,1-2H3;1-2H3. The van der Waals surface area contributed by atoms with Crippen LogP contribution in [0.1, 0.15) is 123 Å². The molecule has 1 aliphatic rings. The summed E-state index contributed by atoms with van der Waals surface area (Å²) in [5.74, 6) is 2.17. The number of carbonyl (C=O) groups is 1. The average Bonchev–Trinajstić information content (AvgIpc) is 3.68. The summed E-state index contributed by atoms with van der Waals surface area (Å²) in [6.07, 6.45) is 14.3. The van der Waals surface area contributed by atoms with Crippen LogP contribution >= 0.6 is 11.3 Å². The predicted octanol–water partition coefficient (Wildman–Crippen LogP) is 9.36. The highest BCUT2D eigenvalue weighted by atomic mass is 32.1. The number of unbranched alkanes of at least 4 members (excludes halogenated alkanes) is 2. The van der Waals surface area contributed by atoms with E-state index in [0.29, 0.717) is 12.3 Å². The molecule has 7 nitrogen and oxygen atoms in total. The number of fused-ring (bicyclic) bond motifs is 1. The molecule has 234 valence electrons. The molecule has 3 aromatic rings. The van der Waals surface area contributed by atoms with Gasteiger partial charge in [0, 0.05) is 38.8 Å². The fourth-order valence-electron chi connectivity index (χ4n) is 5.08. The molecule has 0 saturated carbocycles. The molecule has 1 aliphatic heterocycles. The number of thiazole rings is 1. The van der Waals surface area contributed by atoms with Crippen LogP contribution in [0, 0.1) is 0 Å². The lowest BCUT2D eigenvalue weighted by Crippen LogP contribution is -2.21. The van der Waals surface area contributed by atoms with Gasteiger partial charge in [0.2, 0.25) is 0 Å². The molecule has 0 atom stereocenters. The van der Waals surface area contributed by atoms with Gasteiger partial charge < -0.3 is 15.0 Å². The fourth-order valence-corrected chi connectivity index (χ4v) is 5.98. The molecular formula is C34H56N6OS. The van der Waals surface area contributed by atoms with Crippen molar-refractivity contribution in [1.82, 2.24) is 19.9 Å². The topological polar surface area (TPSA) is 74.2 Å². The molecule has 0 aliphatic carbocycles. The Balaban J connectivity index is 0.000000947. The SMILES string of the molecule is CC.CCCC.CCCC(CCC)c1ccc(Nc2cc3nc(N(C)CCCC=O)sc3cn2)nc1CN1CCCC1. The zero-order valence-corrected chi connectivity index (χ0v) is 28.2. The second kappa shape index (κ2) is 20.3. The molecule has 8 heteroatoms. The predicted molar refractivity (Wildman–Crippen MR) is 183 cm³/mol. The van der Waals surface area contributed by atoms with E-state index < -0.39 is 0 Å². The summed E-state index contributed by atoms with van der Waals surface area (Å²) in [6, 6.07) is 6.41. The van der Waals surface area contributed by atoms with Gasteiger partial charge in [-0.15, -0.1) is 0 Å². The smallest absolute Gasteiger partial charge is 0.186 e. The van der Waals surface area contributed by atoms with Crippen LogP contribution in [-0.2, 0) is 11.3 Å². The van der Waals surface area contributed by atoms with E-state index >= 15 is 0 Å². The van der Waals surface area contributed by atoms with Crippen LogP contribution in [0.3, 0.4) is 0 Å². The van der Waals surface area contributed by atoms with Crippen molar-refractivity contribution in [3.05, 3.63) is 35.7 Å². The third-order valence-corrected chi connectivity index (χ3v) is 8.58. The number of carbonyl (C=O) groups excluding carboxylic acids is 1. The number of likely N-dealkylation sites (tertiary alicyclic amines) is 1. The lowest BCUT2D eigenvalue weighted by molar-refractivity contribution is -0.107. The molecule has 0 unspecified atom stereocenters. The van der Waals surface area contributed by atoms with Gasteiger partial charge in [-0.1, -0.05) is 84.6 Å². The van der Waals surface area contributed by atoms with E-state index in [0.717, 1.165) is 52.8 Å². The lowest BCUT2D eigenvalue weighted by atomic mass is 9.89. The Morgan fingerprint density at radius 3 is 2.31 bits per heavy atom. The van der Waals surface area contributed by atoms with E-state index in [2.05, 4.69) is 59.9 Å². The van der Waals surface area contributed by atoms with E-state index in [1.165, 1.54) is 75.7 Å². The van der Waals surface area contributed by atoms with Crippen LogP contribution in [-0.4, -0.2) is 52.8 Å². The minimum absolute atomic E-state index is 0.575. The molecule has 0 spiro atoms. The number of nitrogens with one attached hydrogen (secondary N) is 1. The Morgan fingerprint density at radius 2 is 1.69 bits per heavy atom.